The number of likely N-dealkylation sites (tertiary alicyclic amines) is 1. The number of imidazole rings is 1. The zero-order chi connectivity index (χ0) is 19.6. The summed E-state index contributed by atoms with van der Waals surface area (Å²) < 4.78 is 8.84. The summed E-state index contributed by atoms with van der Waals surface area (Å²) in [5.41, 5.74) is 3.06. The molecular weight excluding hydrogens is 406 g/mol. The number of fused-ring (bicyclic) bond motifs is 1. The van der Waals surface area contributed by atoms with Gasteiger partial charge in [0, 0.05) is 24.1 Å². The third kappa shape index (κ3) is 5.03. The molecule has 5 nitrogen and oxygen atoms in total. The van der Waals surface area contributed by atoms with Gasteiger partial charge in [0.15, 0.2) is 0 Å². The van der Waals surface area contributed by atoms with Gasteiger partial charge in [-0.15, -0.1) is 0 Å². The Morgan fingerprint density at radius 1 is 1.30 bits per heavy atom. The summed E-state index contributed by atoms with van der Waals surface area (Å²) in [4.78, 5) is 18.6. The van der Waals surface area contributed by atoms with Crippen LogP contribution in [0.2, 0.25) is 0 Å². The van der Waals surface area contributed by atoms with Gasteiger partial charge in [0.2, 0.25) is 0 Å². The van der Waals surface area contributed by atoms with E-state index in [4.69, 9.17) is 4.74 Å². The van der Waals surface area contributed by atoms with E-state index in [1.54, 1.807) is 0 Å². The second-order valence-electron chi connectivity index (χ2n) is 8.53. The minimum atomic E-state index is -0.421. The van der Waals surface area contributed by atoms with Gasteiger partial charge in [0.05, 0.1) is 17.4 Å². The van der Waals surface area contributed by atoms with Crippen molar-refractivity contribution in [3.8, 4) is 0 Å². The van der Waals surface area contributed by atoms with Crippen LogP contribution in [0.4, 0.5) is 4.79 Å². The monoisotopic (exact) mass is 435 g/mol. The molecule has 3 rings (SSSR count). The summed E-state index contributed by atoms with van der Waals surface area (Å²) in [6, 6.07) is 4.24. The first-order chi connectivity index (χ1) is 12.7. The van der Waals surface area contributed by atoms with E-state index in [0.29, 0.717) is 5.92 Å². The van der Waals surface area contributed by atoms with Gasteiger partial charge in [0.25, 0.3) is 0 Å². The van der Waals surface area contributed by atoms with Crippen LogP contribution in [0.25, 0.3) is 11.0 Å². The summed E-state index contributed by atoms with van der Waals surface area (Å²) in [6.07, 6.45) is 6.24. The van der Waals surface area contributed by atoms with Crippen molar-refractivity contribution in [3.63, 3.8) is 0 Å². The van der Waals surface area contributed by atoms with Crippen molar-refractivity contribution in [2.45, 2.75) is 65.5 Å². The highest BCUT2D eigenvalue weighted by Crippen LogP contribution is 2.26. The lowest BCUT2D eigenvalue weighted by molar-refractivity contribution is 0.0180. The minimum Gasteiger partial charge on any atom is -0.444 e. The van der Waals surface area contributed by atoms with Gasteiger partial charge in [-0.25, -0.2) is 9.78 Å². The molecule has 0 N–H and O–H groups in total. The van der Waals surface area contributed by atoms with E-state index in [0.717, 1.165) is 48.9 Å². The molecule has 0 saturated carbocycles. The second-order valence-corrected chi connectivity index (χ2v) is 9.39. The van der Waals surface area contributed by atoms with Gasteiger partial charge in [0.1, 0.15) is 5.60 Å². The molecule has 0 unspecified atom stereocenters. The molecule has 1 fully saturated rings. The lowest BCUT2D eigenvalue weighted by atomic mass is 9.92. The summed E-state index contributed by atoms with van der Waals surface area (Å²) >= 11 is 3.58. The van der Waals surface area contributed by atoms with Crippen molar-refractivity contribution in [3.05, 3.63) is 28.5 Å². The molecule has 0 radical (unpaired) electrons. The fourth-order valence-corrected chi connectivity index (χ4v) is 4.02. The highest BCUT2D eigenvalue weighted by Gasteiger charge is 2.26. The Hall–Kier alpha value is -1.56. The molecule has 2 heterocycles. The highest BCUT2D eigenvalue weighted by atomic mass is 79.9. The third-order valence-corrected chi connectivity index (χ3v) is 6.12. The first-order valence-electron chi connectivity index (χ1n) is 9.82. The van der Waals surface area contributed by atoms with E-state index in [1.165, 1.54) is 17.5 Å². The van der Waals surface area contributed by atoms with Gasteiger partial charge >= 0.3 is 6.09 Å². The van der Waals surface area contributed by atoms with Crippen LogP contribution in [0.5, 0.6) is 0 Å². The number of carbonyl (C=O) groups is 1. The number of hydrogen-bond donors (Lipinski definition) is 0. The molecule has 1 aliphatic rings. The average molecular weight is 436 g/mol. The van der Waals surface area contributed by atoms with E-state index in [2.05, 4.69) is 44.5 Å². The standard InChI is InChI=1S/C21H30BrN3O2/c1-15-17(22)7-8-18-19(15)23-14-25(18)11-5-6-16-9-12-24(13-10-16)20(26)27-21(2,3)4/h7-8,14,16H,5-6,9-13H2,1-4H3. The Balaban J connectivity index is 1.46. The van der Waals surface area contributed by atoms with E-state index in [-0.39, 0.29) is 6.09 Å². The number of hydrogen-bond acceptors (Lipinski definition) is 3. The molecule has 1 amide bonds. The molecule has 0 aliphatic carbocycles. The summed E-state index contributed by atoms with van der Waals surface area (Å²) in [5, 5.41) is 0. The largest absolute Gasteiger partial charge is 0.444 e. The third-order valence-electron chi connectivity index (χ3n) is 5.26. The van der Waals surface area contributed by atoms with Crippen molar-refractivity contribution >= 4 is 33.1 Å². The van der Waals surface area contributed by atoms with Gasteiger partial charge in [-0.1, -0.05) is 15.9 Å². The van der Waals surface area contributed by atoms with Crippen LogP contribution >= 0.6 is 15.9 Å². The number of aromatic nitrogens is 2. The van der Waals surface area contributed by atoms with Crippen LogP contribution in [0, 0.1) is 12.8 Å². The lowest BCUT2D eigenvalue weighted by Gasteiger charge is -2.33. The van der Waals surface area contributed by atoms with Crippen molar-refractivity contribution in [2.24, 2.45) is 5.92 Å². The number of nitrogens with zero attached hydrogens (tertiary/aromatic N) is 3. The Kier molecular flexibility index (Phi) is 6.14. The molecule has 0 spiro atoms. The Labute approximate surface area is 170 Å². The number of piperidine rings is 1. The number of aryl methyl sites for hydroxylation is 2. The number of ether oxygens (including phenoxy) is 1. The molecule has 1 aromatic heterocycles. The minimum absolute atomic E-state index is 0.174. The summed E-state index contributed by atoms with van der Waals surface area (Å²) in [5.74, 6) is 0.689. The predicted octanol–water partition coefficient (Wildman–Crippen LogP) is 5.53. The maximum absolute atomic E-state index is 12.2. The van der Waals surface area contributed by atoms with Gasteiger partial charge in [-0.05, 0) is 77.0 Å². The summed E-state index contributed by atoms with van der Waals surface area (Å²) in [6.45, 7) is 10.4. The molecule has 148 valence electrons. The predicted molar refractivity (Wildman–Crippen MR) is 112 cm³/mol. The van der Waals surface area contributed by atoms with Gasteiger partial charge < -0.3 is 14.2 Å². The smallest absolute Gasteiger partial charge is 0.410 e. The highest BCUT2D eigenvalue weighted by molar-refractivity contribution is 9.10. The molecule has 6 heteroatoms. The van der Waals surface area contributed by atoms with Crippen LogP contribution in [0.15, 0.2) is 22.9 Å². The maximum Gasteiger partial charge on any atom is 0.410 e. The van der Waals surface area contributed by atoms with Gasteiger partial charge in [-0.3, -0.25) is 0 Å². The first-order valence-corrected chi connectivity index (χ1v) is 10.6. The normalized spacial score (nSPS) is 16.1. The zero-order valence-corrected chi connectivity index (χ0v) is 18.4. The molecule has 1 saturated heterocycles. The van der Waals surface area contributed by atoms with E-state index in [9.17, 15) is 4.79 Å². The molecule has 27 heavy (non-hydrogen) atoms. The lowest BCUT2D eigenvalue weighted by Crippen LogP contribution is -2.41. The van der Waals surface area contributed by atoms with Crippen LogP contribution in [0.3, 0.4) is 0 Å². The second kappa shape index (κ2) is 8.21. The quantitative estimate of drug-likeness (QED) is 0.633. The van der Waals surface area contributed by atoms with Crippen molar-refractivity contribution in [1.29, 1.82) is 0 Å². The Morgan fingerprint density at radius 3 is 2.67 bits per heavy atom. The molecule has 2 aromatic rings. The Bertz CT molecular complexity index is 802. The van der Waals surface area contributed by atoms with Crippen LogP contribution in [-0.2, 0) is 11.3 Å². The number of halogens is 1. The fraction of sp³-hybridized carbons (Fsp3) is 0.619. The van der Waals surface area contributed by atoms with E-state index in [1.807, 2.05) is 32.0 Å². The maximum atomic E-state index is 12.2. The topological polar surface area (TPSA) is 47.4 Å². The molecule has 0 bridgehead atoms. The van der Waals surface area contributed by atoms with E-state index >= 15 is 0 Å². The number of carbonyl (C=O) groups excluding carboxylic acids is 1. The molecule has 0 atom stereocenters. The SMILES string of the molecule is Cc1c(Br)ccc2c1ncn2CCCC1CCN(C(=O)OC(C)(C)C)CC1. The van der Waals surface area contributed by atoms with Crippen LogP contribution in [-0.4, -0.2) is 39.2 Å². The van der Waals surface area contributed by atoms with E-state index < -0.39 is 5.60 Å². The Morgan fingerprint density at radius 2 is 2.00 bits per heavy atom. The first kappa shape index (κ1) is 20.2. The fourth-order valence-electron chi connectivity index (χ4n) is 3.70. The number of rotatable bonds is 4. The van der Waals surface area contributed by atoms with Crippen LogP contribution < -0.4 is 0 Å². The van der Waals surface area contributed by atoms with Crippen molar-refractivity contribution in [2.75, 3.05) is 13.1 Å². The van der Waals surface area contributed by atoms with Crippen molar-refractivity contribution in [1.82, 2.24) is 14.5 Å². The summed E-state index contributed by atoms with van der Waals surface area (Å²) in [7, 11) is 0. The zero-order valence-electron chi connectivity index (χ0n) is 16.8. The van der Waals surface area contributed by atoms with Gasteiger partial charge in [-0.2, -0.15) is 0 Å². The molecule has 1 aliphatic heterocycles. The average Bonchev–Trinajstić information content (AvgIpc) is 3.01. The molecule has 1 aromatic carbocycles. The van der Waals surface area contributed by atoms with Crippen molar-refractivity contribution < 1.29 is 9.53 Å². The number of benzene rings is 1. The van der Waals surface area contributed by atoms with Crippen LogP contribution in [0.1, 0.15) is 52.0 Å². The molecular formula is C21H30BrN3O2. The number of amides is 1.